The lowest BCUT2D eigenvalue weighted by Crippen LogP contribution is -2.40. The van der Waals surface area contributed by atoms with Crippen molar-refractivity contribution >= 4 is 5.96 Å². The Balaban J connectivity index is 1.62. The average Bonchev–Trinajstić information content (AvgIpc) is 2.65. The molecular formula is C18H24N4O2. The van der Waals surface area contributed by atoms with Crippen LogP contribution in [0.3, 0.4) is 0 Å². The van der Waals surface area contributed by atoms with Crippen LogP contribution in [0.2, 0.25) is 0 Å². The standard InChI is InChI=1S/C18H24N4O2/c1-19-18(21-12-10-15-5-3-4-11-20-15)22-13-14-24-17-8-6-16(23-2)7-9-17/h3-9,11H,10,12-14H2,1-2H3,(H2,19,21,22). The summed E-state index contributed by atoms with van der Waals surface area (Å²) in [6.45, 7) is 1.98. The van der Waals surface area contributed by atoms with Gasteiger partial charge in [0.25, 0.3) is 0 Å². The van der Waals surface area contributed by atoms with Gasteiger partial charge < -0.3 is 20.1 Å². The monoisotopic (exact) mass is 328 g/mol. The molecule has 0 amide bonds. The Hall–Kier alpha value is -2.76. The van der Waals surface area contributed by atoms with E-state index in [-0.39, 0.29) is 0 Å². The van der Waals surface area contributed by atoms with E-state index < -0.39 is 0 Å². The first-order valence-electron chi connectivity index (χ1n) is 7.93. The number of benzene rings is 1. The smallest absolute Gasteiger partial charge is 0.191 e. The lowest BCUT2D eigenvalue weighted by molar-refractivity contribution is 0.321. The quantitative estimate of drug-likeness (QED) is 0.440. The van der Waals surface area contributed by atoms with Crippen molar-refractivity contribution in [1.29, 1.82) is 0 Å². The molecule has 1 aromatic heterocycles. The minimum atomic E-state index is 0.549. The summed E-state index contributed by atoms with van der Waals surface area (Å²) in [7, 11) is 3.40. The van der Waals surface area contributed by atoms with E-state index in [9.17, 15) is 0 Å². The normalized spacial score (nSPS) is 11.0. The fraction of sp³-hybridized carbons (Fsp3) is 0.333. The Labute approximate surface area is 142 Å². The fourth-order valence-electron chi connectivity index (χ4n) is 2.09. The maximum absolute atomic E-state index is 5.66. The Morgan fingerprint density at radius 1 is 1.04 bits per heavy atom. The number of pyridine rings is 1. The van der Waals surface area contributed by atoms with Crippen LogP contribution < -0.4 is 20.1 Å². The third-order valence-corrected chi connectivity index (χ3v) is 3.35. The molecule has 0 aliphatic heterocycles. The van der Waals surface area contributed by atoms with Crippen LogP contribution in [0.25, 0.3) is 0 Å². The maximum atomic E-state index is 5.66. The SMILES string of the molecule is CN=C(NCCOc1ccc(OC)cc1)NCCc1ccccn1. The molecule has 0 fully saturated rings. The van der Waals surface area contributed by atoms with Gasteiger partial charge in [0.2, 0.25) is 0 Å². The summed E-state index contributed by atoms with van der Waals surface area (Å²) < 4.78 is 10.8. The molecule has 0 spiro atoms. The van der Waals surface area contributed by atoms with Crippen LogP contribution in [0.1, 0.15) is 5.69 Å². The van der Waals surface area contributed by atoms with Crippen molar-refractivity contribution in [2.75, 3.05) is 33.9 Å². The first-order valence-corrected chi connectivity index (χ1v) is 7.93. The van der Waals surface area contributed by atoms with Crippen molar-refractivity contribution in [2.24, 2.45) is 4.99 Å². The number of guanidine groups is 1. The third kappa shape index (κ3) is 6.16. The van der Waals surface area contributed by atoms with E-state index in [1.165, 1.54) is 0 Å². The van der Waals surface area contributed by atoms with Crippen molar-refractivity contribution in [2.45, 2.75) is 6.42 Å². The van der Waals surface area contributed by atoms with Gasteiger partial charge in [0.15, 0.2) is 5.96 Å². The average molecular weight is 328 g/mol. The first kappa shape index (κ1) is 17.6. The summed E-state index contributed by atoms with van der Waals surface area (Å²) >= 11 is 0. The third-order valence-electron chi connectivity index (χ3n) is 3.35. The molecule has 1 heterocycles. The zero-order chi connectivity index (χ0) is 17.0. The maximum Gasteiger partial charge on any atom is 0.191 e. The van der Waals surface area contributed by atoms with E-state index in [1.54, 1.807) is 20.4 Å². The van der Waals surface area contributed by atoms with Crippen LogP contribution in [0.15, 0.2) is 53.7 Å². The number of ether oxygens (including phenoxy) is 2. The predicted molar refractivity (Wildman–Crippen MR) is 95.8 cm³/mol. The van der Waals surface area contributed by atoms with Crippen molar-refractivity contribution in [3.63, 3.8) is 0 Å². The van der Waals surface area contributed by atoms with Crippen LogP contribution in [0.5, 0.6) is 11.5 Å². The molecule has 0 saturated carbocycles. The van der Waals surface area contributed by atoms with E-state index in [1.807, 2.05) is 42.5 Å². The highest BCUT2D eigenvalue weighted by molar-refractivity contribution is 5.79. The Morgan fingerprint density at radius 3 is 2.46 bits per heavy atom. The number of rotatable bonds is 8. The highest BCUT2D eigenvalue weighted by atomic mass is 16.5. The number of aromatic nitrogens is 1. The molecule has 0 bridgehead atoms. The summed E-state index contributed by atoms with van der Waals surface area (Å²) in [5, 5.41) is 6.48. The Morgan fingerprint density at radius 2 is 1.79 bits per heavy atom. The first-order chi connectivity index (χ1) is 11.8. The van der Waals surface area contributed by atoms with Gasteiger partial charge in [-0.1, -0.05) is 6.07 Å². The fourth-order valence-corrected chi connectivity index (χ4v) is 2.09. The number of nitrogens with one attached hydrogen (secondary N) is 2. The van der Waals surface area contributed by atoms with Gasteiger partial charge in [-0.2, -0.15) is 0 Å². The molecule has 0 radical (unpaired) electrons. The van der Waals surface area contributed by atoms with Crippen molar-refractivity contribution in [1.82, 2.24) is 15.6 Å². The van der Waals surface area contributed by atoms with Gasteiger partial charge in [0.1, 0.15) is 18.1 Å². The second kappa shape index (κ2) is 10.1. The summed E-state index contributed by atoms with van der Waals surface area (Å²) in [4.78, 5) is 8.48. The lowest BCUT2D eigenvalue weighted by Gasteiger charge is -2.12. The molecule has 0 saturated heterocycles. The molecule has 24 heavy (non-hydrogen) atoms. The van der Waals surface area contributed by atoms with Crippen LogP contribution >= 0.6 is 0 Å². The van der Waals surface area contributed by atoms with E-state index in [4.69, 9.17) is 9.47 Å². The molecule has 0 aliphatic carbocycles. The number of methoxy groups -OCH3 is 1. The van der Waals surface area contributed by atoms with Crippen molar-refractivity contribution in [3.8, 4) is 11.5 Å². The van der Waals surface area contributed by atoms with Gasteiger partial charge in [-0.15, -0.1) is 0 Å². The molecule has 1 aromatic carbocycles. The minimum absolute atomic E-state index is 0.549. The van der Waals surface area contributed by atoms with E-state index in [0.717, 1.165) is 36.1 Å². The van der Waals surface area contributed by atoms with Gasteiger partial charge in [-0.05, 0) is 36.4 Å². The van der Waals surface area contributed by atoms with E-state index >= 15 is 0 Å². The number of nitrogens with zero attached hydrogens (tertiary/aromatic N) is 2. The minimum Gasteiger partial charge on any atom is -0.497 e. The number of aliphatic imine (C=N–C) groups is 1. The van der Waals surface area contributed by atoms with Crippen molar-refractivity contribution < 1.29 is 9.47 Å². The Bertz CT molecular complexity index is 615. The molecule has 2 aromatic rings. The topological polar surface area (TPSA) is 67.8 Å². The molecule has 2 rings (SSSR count). The second-order valence-corrected chi connectivity index (χ2v) is 5.02. The van der Waals surface area contributed by atoms with Crippen LogP contribution in [-0.4, -0.2) is 44.8 Å². The Kier molecular flexibility index (Phi) is 7.40. The zero-order valence-corrected chi connectivity index (χ0v) is 14.2. The highest BCUT2D eigenvalue weighted by Gasteiger charge is 1.99. The van der Waals surface area contributed by atoms with Gasteiger partial charge in [0, 0.05) is 31.9 Å². The summed E-state index contributed by atoms with van der Waals surface area (Å²) in [5.41, 5.74) is 1.06. The molecule has 0 atom stereocenters. The van der Waals surface area contributed by atoms with Crippen molar-refractivity contribution in [3.05, 3.63) is 54.4 Å². The lowest BCUT2D eigenvalue weighted by atomic mass is 10.3. The number of hydrogen-bond acceptors (Lipinski definition) is 4. The summed E-state index contributed by atoms with van der Waals surface area (Å²) in [6, 6.07) is 13.5. The second-order valence-electron chi connectivity index (χ2n) is 5.02. The molecule has 6 nitrogen and oxygen atoms in total. The van der Waals surface area contributed by atoms with Crippen LogP contribution in [0.4, 0.5) is 0 Å². The van der Waals surface area contributed by atoms with Crippen LogP contribution in [0, 0.1) is 0 Å². The zero-order valence-electron chi connectivity index (χ0n) is 14.2. The molecule has 2 N–H and O–H groups in total. The predicted octanol–water partition coefficient (Wildman–Crippen LogP) is 1.88. The van der Waals surface area contributed by atoms with Gasteiger partial charge >= 0.3 is 0 Å². The molecule has 0 aliphatic rings. The summed E-state index contributed by atoms with van der Waals surface area (Å²) in [6.07, 6.45) is 2.66. The van der Waals surface area contributed by atoms with E-state index in [0.29, 0.717) is 13.2 Å². The van der Waals surface area contributed by atoms with E-state index in [2.05, 4.69) is 20.6 Å². The largest absolute Gasteiger partial charge is 0.497 e. The molecular weight excluding hydrogens is 304 g/mol. The highest BCUT2D eigenvalue weighted by Crippen LogP contribution is 2.16. The number of hydrogen-bond donors (Lipinski definition) is 2. The van der Waals surface area contributed by atoms with Gasteiger partial charge in [-0.3, -0.25) is 9.98 Å². The molecule has 0 unspecified atom stereocenters. The van der Waals surface area contributed by atoms with Gasteiger partial charge in [-0.25, -0.2) is 0 Å². The molecule has 6 heteroatoms. The van der Waals surface area contributed by atoms with Crippen LogP contribution in [-0.2, 0) is 6.42 Å². The molecule has 128 valence electrons. The van der Waals surface area contributed by atoms with Gasteiger partial charge in [0.05, 0.1) is 13.7 Å². The summed E-state index contributed by atoms with van der Waals surface area (Å²) in [5.74, 6) is 2.39.